The van der Waals surface area contributed by atoms with E-state index < -0.39 is 0 Å². The molecule has 0 bridgehead atoms. The number of carbonyl (C=O) groups excluding carboxylic acids is 1. The zero-order valence-electron chi connectivity index (χ0n) is 8.82. The molecule has 0 saturated heterocycles. The van der Waals surface area contributed by atoms with Crippen LogP contribution in [0.3, 0.4) is 0 Å². The third-order valence-electron chi connectivity index (χ3n) is 1.80. The standard InChI is InChI=1S/C9H19NO3/c1-5-8(3)12-10(7-11)13-9(4)6-2/h7-9H,5-6H2,1-4H3. The molecule has 0 radical (unpaired) electrons. The van der Waals surface area contributed by atoms with Gasteiger partial charge in [0.1, 0.15) is 0 Å². The number of carbonyl (C=O) groups is 1. The molecule has 0 aromatic rings. The topological polar surface area (TPSA) is 38.8 Å². The maximum absolute atomic E-state index is 10.5. The molecule has 0 spiro atoms. The van der Waals surface area contributed by atoms with Crippen LogP contribution in [0.2, 0.25) is 0 Å². The van der Waals surface area contributed by atoms with Crippen LogP contribution in [0.4, 0.5) is 0 Å². The van der Waals surface area contributed by atoms with Gasteiger partial charge in [-0.3, -0.25) is 4.79 Å². The molecule has 0 heterocycles. The number of amides is 1. The van der Waals surface area contributed by atoms with Crippen molar-refractivity contribution in [1.29, 1.82) is 0 Å². The van der Waals surface area contributed by atoms with E-state index in [1.807, 2.05) is 27.7 Å². The molecule has 2 atom stereocenters. The Morgan fingerprint density at radius 3 is 1.77 bits per heavy atom. The first kappa shape index (κ1) is 12.4. The van der Waals surface area contributed by atoms with Gasteiger partial charge in [0.2, 0.25) is 0 Å². The van der Waals surface area contributed by atoms with E-state index >= 15 is 0 Å². The van der Waals surface area contributed by atoms with E-state index in [1.54, 1.807) is 0 Å². The minimum Gasteiger partial charge on any atom is -0.274 e. The van der Waals surface area contributed by atoms with Crippen molar-refractivity contribution in [3.8, 4) is 0 Å². The highest BCUT2D eigenvalue weighted by Crippen LogP contribution is 2.04. The van der Waals surface area contributed by atoms with Crippen molar-refractivity contribution in [2.75, 3.05) is 0 Å². The summed E-state index contributed by atoms with van der Waals surface area (Å²) in [6.45, 7) is 7.74. The van der Waals surface area contributed by atoms with Crippen molar-refractivity contribution >= 4 is 6.41 Å². The Hall–Kier alpha value is -0.610. The summed E-state index contributed by atoms with van der Waals surface area (Å²) in [7, 11) is 0. The number of hydrogen-bond donors (Lipinski definition) is 0. The van der Waals surface area contributed by atoms with E-state index in [0.29, 0.717) is 6.41 Å². The molecule has 4 nitrogen and oxygen atoms in total. The molecule has 0 aromatic heterocycles. The summed E-state index contributed by atoms with van der Waals surface area (Å²) in [4.78, 5) is 20.8. The Bertz CT molecular complexity index is 129. The van der Waals surface area contributed by atoms with Gasteiger partial charge in [-0.25, -0.2) is 9.68 Å². The Labute approximate surface area is 79.7 Å². The number of nitrogens with zero attached hydrogens (tertiary/aromatic N) is 1. The molecule has 0 saturated carbocycles. The molecular formula is C9H19NO3. The van der Waals surface area contributed by atoms with Crippen LogP contribution in [0, 0.1) is 0 Å². The van der Waals surface area contributed by atoms with E-state index in [9.17, 15) is 4.79 Å². The SMILES string of the molecule is CCC(C)ON(C=O)OC(C)CC. The molecule has 0 N–H and O–H groups in total. The lowest BCUT2D eigenvalue weighted by molar-refractivity contribution is -0.364. The summed E-state index contributed by atoms with van der Waals surface area (Å²) in [6, 6.07) is 0. The molecule has 2 unspecified atom stereocenters. The van der Waals surface area contributed by atoms with E-state index in [0.717, 1.165) is 18.1 Å². The Balaban J connectivity index is 3.81. The zero-order valence-corrected chi connectivity index (χ0v) is 8.82. The summed E-state index contributed by atoms with van der Waals surface area (Å²) < 4.78 is 0. The van der Waals surface area contributed by atoms with Crippen molar-refractivity contribution in [1.82, 2.24) is 5.23 Å². The summed E-state index contributed by atoms with van der Waals surface area (Å²) in [5.41, 5.74) is 0. The summed E-state index contributed by atoms with van der Waals surface area (Å²) in [5.74, 6) is 0. The molecule has 0 aliphatic rings. The lowest BCUT2D eigenvalue weighted by atomic mass is 10.3. The molecule has 0 rings (SSSR count). The lowest BCUT2D eigenvalue weighted by Gasteiger charge is -2.22. The third kappa shape index (κ3) is 5.60. The number of rotatable bonds is 7. The van der Waals surface area contributed by atoms with Crippen molar-refractivity contribution in [2.45, 2.75) is 52.7 Å². The quantitative estimate of drug-likeness (QED) is 0.453. The van der Waals surface area contributed by atoms with Crippen molar-refractivity contribution < 1.29 is 14.5 Å². The van der Waals surface area contributed by atoms with E-state index in [4.69, 9.17) is 9.68 Å². The molecule has 0 aromatic carbocycles. The van der Waals surface area contributed by atoms with Crippen LogP contribution in [0.1, 0.15) is 40.5 Å². The smallest absolute Gasteiger partial charge is 0.261 e. The molecule has 4 heteroatoms. The maximum atomic E-state index is 10.5. The highest BCUT2D eigenvalue weighted by atomic mass is 17.0. The summed E-state index contributed by atoms with van der Waals surface area (Å²) >= 11 is 0. The monoisotopic (exact) mass is 189 g/mol. The van der Waals surface area contributed by atoms with Crippen molar-refractivity contribution in [3.63, 3.8) is 0 Å². The Kier molecular flexibility index (Phi) is 6.54. The van der Waals surface area contributed by atoms with Gasteiger partial charge in [-0.05, 0) is 26.7 Å². The fourth-order valence-corrected chi connectivity index (χ4v) is 0.578. The normalized spacial score (nSPS) is 15.1. The first-order valence-electron chi connectivity index (χ1n) is 4.72. The molecule has 0 aliphatic carbocycles. The Morgan fingerprint density at radius 2 is 1.54 bits per heavy atom. The van der Waals surface area contributed by atoms with Gasteiger partial charge < -0.3 is 0 Å². The molecule has 0 fully saturated rings. The largest absolute Gasteiger partial charge is 0.274 e. The highest BCUT2D eigenvalue weighted by Gasteiger charge is 2.10. The number of hydroxylamine groups is 2. The first-order chi connectivity index (χ1) is 6.13. The molecule has 13 heavy (non-hydrogen) atoms. The molecule has 1 amide bonds. The van der Waals surface area contributed by atoms with E-state index in [2.05, 4.69) is 0 Å². The molecule has 78 valence electrons. The van der Waals surface area contributed by atoms with Gasteiger partial charge >= 0.3 is 0 Å². The van der Waals surface area contributed by atoms with Crippen LogP contribution in [0.5, 0.6) is 0 Å². The van der Waals surface area contributed by atoms with Crippen molar-refractivity contribution in [2.24, 2.45) is 0 Å². The third-order valence-corrected chi connectivity index (χ3v) is 1.80. The van der Waals surface area contributed by atoms with Crippen LogP contribution >= 0.6 is 0 Å². The average Bonchev–Trinajstić information content (AvgIpc) is 2.16. The predicted molar refractivity (Wildman–Crippen MR) is 49.6 cm³/mol. The minimum absolute atomic E-state index is 0.00532. The fourth-order valence-electron chi connectivity index (χ4n) is 0.578. The van der Waals surface area contributed by atoms with E-state index in [-0.39, 0.29) is 12.2 Å². The van der Waals surface area contributed by atoms with Gasteiger partial charge in [-0.1, -0.05) is 19.1 Å². The summed E-state index contributed by atoms with van der Waals surface area (Å²) in [6.07, 6.45) is 2.21. The minimum atomic E-state index is -0.00532. The van der Waals surface area contributed by atoms with Crippen LogP contribution < -0.4 is 0 Å². The van der Waals surface area contributed by atoms with Crippen LogP contribution in [0.25, 0.3) is 0 Å². The lowest BCUT2D eigenvalue weighted by Crippen LogP contribution is -2.30. The molecular weight excluding hydrogens is 170 g/mol. The van der Waals surface area contributed by atoms with Gasteiger partial charge in [0.15, 0.2) is 0 Å². The second kappa shape index (κ2) is 6.86. The molecule has 0 aliphatic heterocycles. The van der Waals surface area contributed by atoms with Crippen molar-refractivity contribution in [3.05, 3.63) is 0 Å². The van der Waals surface area contributed by atoms with Gasteiger partial charge in [-0.2, -0.15) is 0 Å². The first-order valence-corrected chi connectivity index (χ1v) is 4.72. The second-order valence-corrected chi connectivity index (χ2v) is 3.04. The van der Waals surface area contributed by atoms with E-state index in [1.165, 1.54) is 0 Å². The van der Waals surface area contributed by atoms with Gasteiger partial charge in [0.25, 0.3) is 6.41 Å². The van der Waals surface area contributed by atoms with Gasteiger partial charge in [-0.15, -0.1) is 0 Å². The van der Waals surface area contributed by atoms with Crippen LogP contribution in [0.15, 0.2) is 0 Å². The highest BCUT2D eigenvalue weighted by molar-refractivity contribution is 5.43. The van der Waals surface area contributed by atoms with Gasteiger partial charge in [0.05, 0.1) is 12.2 Å². The van der Waals surface area contributed by atoms with Crippen LogP contribution in [-0.4, -0.2) is 23.8 Å². The average molecular weight is 189 g/mol. The predicted octanol–water partition coefficient (Wildman–Crippen LogP) is 1.91. The second-order valence-electron chi connectivity index (χ2n) is 3.04. The number of hydrogen-bond acceptors (Lipinski definition) is 3. The maximum Gasteiger partial charge on any atom is 0.261 e. The zero-order chi connectivity index (χ0) is 10.3. The Morgan fingerprint density at radius 1 is 1.15 bits per heavy atom. The van der Waals surface area contributed by atoms with Crippen LogP contribution in [-0.2, 0) is 14.5 Å². The fraction of sp³-hybridized carbons (Fsp3) is 0.889. The van der Waals surface area contributed by atoms with Gasteiger partial charge in [0, 0.05) is 0 Å². The summed E-state index contributed by atoms with van der Waals surface area (Å²) in [5, 5.41) is 0.905.